The fraction of sp³-hybridized carbons (Fsp3) is 0.500. The standard InChI is InChI=1S/C20H27N5O2S2/c1-24(2)14-7-5-13(6-8-14)23-19-18-16-11-15(29(26,27)25(3)4)9-10-17(16)28-20(18)22-12-21-19/h9-14H,5-8H2,1-4H3,(H,21,22,23). The maximum atomic E-state index is 12.6. The molecule has 0 aliphatic heterocycles. The molecule has 9 heteroatoms. The van der Waals surface area contributed by atoms with Gasteiger partial charge in [-0.15, -0.1) is 11.3 Å². The van der Waals surface area contributed by atoms with E-state index in [0.717, 1.165) is 51.8 Å². The average Bonchev–Trinajstić information content (AvgIpc) is 3.07. The second kappa shape index (κ2) is 7.79. The van der Waals surface area contributed by atoms with Crippen molar-refractivity contribution in [1.29, 1.82) is 0 Å². The van der Waals surface area contributed by atoms with E-state index in [1.165, 1.54) is 4.31 Å². The van der Waals surface area contributed by atoms with Crippen LogP contribution in [-0.2, 0) is 10.0 Å². The van der Waals surface area contributed by atoms with Crippen LogP contribution in [0.4, 0.5) is 5.82 Å². The van der Waals surface area contributed by atoms with Crippen molar-refractivity contribution in [2.75, 3.05) is 33.5 Å². The third-order valence-corrected chi connectivity index (χ3v) is 8.68. The van der Waals surface area contributed by atoms with E-state index >= 15 is 0 Å². The molecule has 1 saturated carbocycles. The van der Waals surface area contributed by atoms with E-state index in [2.05, 4.69) is 34.3 Å². The highest BCUT2D eigenvalue weighted by atomic mass is 32.2. The molecule has 1 N–H and O–H groups in total. The first kappa shape index (κ1) is 20.5. The summed E-state index contributed by atoms with van der Waals surface area (Å²) in [6.45, 7) is 0. The van der Waals surface area contributed by atoms with Crippen molar-refractivity contribution >= 4 is 47.5 Å². The van der Waals surface area contributed by atoms with E-state index in [9.17, 15) is 8.42 Å². The molecule has 0 atom stereocenters. The van der Waals surface area contributed by atoms with Crippen LogP contribution in [0.3, 0.4) is 0 Å². The van der Waals surface area contributed by atoms with Crippen molar-refractivity contribution in [3.8, 4) is 0 Å². The fourth-order valence-corrected chi connectivity index (χ4v) is 5.95. The molecule has 0 bridgehead atoms. The van der Waals surface area contributed by atoms with Gasteiger partial charge in [0.15, 0.2) is 0 Å². The predicted octanol–water partition coefficient (Wildman–Crippen LogP) is 3.38. The maximum absolute atomic E-state index is 12.6. The quantitative estimate of drug-likeness (QED) is 0.665. The first-order valence-corrected chi connectivity index (χ1v) is 12.1. The van der Waals surface area contributed by atoms with Crippen LogP contribution in [0, 0.1) is 0 Å². The number of sulfonamides is 1. The lowest BCUT2D eigenvalue weighted by Crippen LogP contribution is -2.36. The minimum absolute atomic E-state index is 0.288. The number of aromatic nitrogens is 2. The van der Waals surface area contributed by atoms with Gasteiger partial charge in [0.1, 0.15) is 17.0 Å². The molecule has 1 aliphatic carbocycles. The number of hydrogen-bond acceptors (Lipinski definition) is 7. The highest BCUT2D eigenvalue weighted by molar-refractivity contribution is 7.89. The molecule has 7 nitrogen and oxygen atoms in total. The van der Waals surface area contributed by atoms with Gasteiger partial charge in [0.25, 0.3) is 0 Å². The number of thiophene rings is 1. The first-order valence-electron chi connectivity index (χ1n) is 9.80. The van der Waals surface area contributed by atoms with Gasteiger partial charge in [0.05, 0.1) is 10.3 Å². The lowest BCUT2D eigenvalue weighted by atomic mass is 9.90. The molecular weight excluding hydrogens is 406 g/mol. The topological polar surface area (TPSA) is 78.4 Å². The summed E-state index contributed by atoms with van der Waals surface area (Å²) in [6.07, 6.45) is 6.10. The zero-order valence-corrected chi connectivity index (χ0v) is 18.8. The molecule has 1 aliphatic rings. The summed E-state index contributed by atoms with van der Waals surface area (Å²) in [5, 5.41) is 5.42. The molecule has 3 aromatic rings. The largest absolute Gasteiger partial charge is 0.367 e. The van der Waals surface area contributed by atoms with E-state index in [-0.39, 0.29) is 4.90 Å². The highest BCUT2D eigenvalue weighted by Crippen LogP contribution is 2.38. The summed E-state index contributed by atoms with van der Waals surface area (Å²) >= 11 is 1.56. The van der Waals surface area contributed by atoms with Crippen molar-refractivity contribution in [1.82, 2.24) is 19.2 Å². The number of fused-ring (bicyclic) bond motifs is 3. The second-order valence-corrected chi connectivity index (χ2v) is 11.2. The summed E-state index contributed by atoms with van der Waals surface area (Å²) in [6, 6.07) is 6.29. The Bertz CT molecular complexity index is 1130. The van der Waals surface area contributed by atoms with Gasteiger partial charge in [-0.3, -0.25) is 0 Å². The third kappa shape index (κ3) is 3.84. The Morgan fingerprint density at radius 1 is 1.07 bits per heavy atom. The molecule has 1 aromatic carbocycles. The molecule has 0 amide bonds. The number of benzene rings is 1. The van der Waals surface area contributed by atoms with Crippen LogP contribution in [0.5, 0.6) is 0 Å². The number of hydrogen-bond donors (Lipinski definition) is 1. The SMILES string of the molecule is CN(C)C1CCC(Nc2ncnc3sc4ccc(S(=O)(=O)N(C)C)cc4c23)CC1. The van der Waals surface area contributed by atoms with Crippen molar-refractivity contribution in [2.24, 2.45) is 0 Å². The van der Waals surface area contributed by atoms with Crippen LogP contribution >= 0.6 is 11.3 Å². The first-order chi connectivity index (χ1) is 13.8. The summed E-state index contributed by atoms with van der Waals surface area (Å²) in [5.41, 5.74) is 0. The summed E-state index contributed by atoms with van der Waals surface area (Å²) in [7, 11) is 3.88. The van der Waals surface area contributed by atoms with Crippen LogP contribution < -0.4 is 5.32 Å². The van der Waals surface area contributed by atoms with Crippen LogP contribution in [0.25, 0.3) is 20.3 Å². The number of nitrogens with one attached hydrogen (secondary N) is 1. The number of rotatable bonds is 5. The Kier molecular flexibility index (Phi) is 5.50. The van der Waals surface area contributed by atoms with E-state index in [0.29, 0.717) is 12.1 Å². The van der Waals surface area contributed by atoms with Gasteiger partial charge in [-0.2, -0.15) is 0 Å². The third-order valence-electron chi connectivity index (χ3n) is 5.79. The monoisotopic (exact) mass is 433 g/mol. The summed E-state index contributed by atoms with van der Waals surface area (Å²) in [4.78, 5) is 12.4. The van der Waals surface area contributed by atoms with Gasteiger partial charge in [-0.05, 0) is 58.0 Å². The van der Waals surface area contributed by atoms with E-state index in [1.807, 2.05) is 6.07 Å². The predicted molar refractivity (Wildman–Crippen MR) is 119 cm³/mol. The molecule has 0 unspecified atom stereocenters. The molecule has 4 rings (SSSR count). The van der Waals surface area contributed by atoms with Gasteiger partial charge in [-0.25, -0.2) is 22.7 Å². The van der Waals surface area contributed by atoms with Crippen molar-refractivity contribution in [3.05, 3.63) is 24.5 Å². The molecule has 1 fully saturated rings. The Morgan fingerprint density at radius 2 is 1.79 bits per heavy atom. The summed E-state index contributed by atoms with van der Waals surface area (Å²) in [5.74, 6) is 0.800. The van der Waals surface area contributed by atoms with E-state index < -0.39 is 10.0 Å². The fourth-order valence-electron chi connectivity index (χ4n) is 4.00. The molecule has 2 aromatic heterocycles. The van der Waals surface area contributed by atoms with Crippen LogP contribution in [0.1, 0.15) is 25.7 Å². The maximum Gasteiger partial charge on any atom is 0.242 e. The average molecular weight is 434 g/mol. The second-order valence-electron chi connectivity index (χ2n) is 8.06. The van der Waals surface area contributed by atoms with Crippen molar-refractivity contribution in [3.63, 3.8) is 0 Å². The minimum Gasteiger partial charge on any atom is -0.367 e. The lowest BCUT2D eigenvalue weighted by molar-refractivity contribution is 0.221. The van der Waals surface area contributed by atoms with Gasteiger partial charge in [0, 0.05) is 36.3 Å². The van der Waals surface area contributed by atoms with Crippen molar-refractivity contribution in [2.45, 2.75) is 42.7 Å². The summed E-state index contributed by atoms with van der Waals surface area (Å²) < 4.78 is 27.4. The normalized spacial score (nSPS) is 20.8. The van der Waals surface area contributed by atoms with Crippen LogP contribution in [0.2, 0.25) is 0 Å². The minimum atomic E-state index is -3.50. The van der Waals surface area contributed by atoms with Gasteiger partial charge in [0.2, 0.25) is 10.0 Å². The molecule has 156 valence electrons. The van der Waals surface area contributed by atoms with Crippen LogP contribution in [-0.4, -0.2) is 67.9 Å². The van der Waals surface area contributed by atoms with Gasteiger partial charge >= 0.3 is 0 Å². The Labute approximate surface area is 175 Å². The molecular formula is C20H27N5O2S2. The van der Waals surface area contributed by atoms with Crippen LogP contribution in [0.15, 0.2) is 29.4 Å². The molecule has 0 radical (unpaired) electrons. The number of nitrogens with zero attached hydrogens (tertiary/aromatic N) is 4. The Morgan fingerprint density at radius 3 is 2.45 bits per heavy atom. The zero-order chi connectivity index (χ0) is 20.8. The molecule has 29 heavy (non-hydrogen) atoms. The lowest BCUT2D eigenvalue weighted by Gasteiger charge is -2.33. The van der Waals surface area contributed by atoms with E-state index in [1.54, 1.807) is 43.9 Å². The Balaban J connectivity index is 1.72. The van der Waals surface area contributed by atoms with Gasteiger partial charge < -0.3 is 10.2 Å². The molecule has 0 saturated heterocycles. The van der Waals surface area contributed by atoms with Gasteiger partial charge in [-0.1, -0.05) is 0 Å². The number of anilines is 1. The molecule has 2 heterocycles. The van der Waals surface area contributed by atoms with E-state index in [4.69, 9.17) is 0 Å². The highest BCUT2D eigenvalue weighted by Gasteiger charge is 2.24. The molecule has 0 spiro atoms. The smallest absolute Gasteiger partial charge is 0.242 e. The van der Waals surface area contributed by atoms with Crippen molar-refractivity contribution < 1.29 is 8.42 Å². The Hall–Kier alpha value is -1.81. The zero-order valence-electron chi connectivity index (χ0n) is 17.2.